The summed E-state index contributed by atoms with van der Waals surface area (Å²) < 4.78 is 193. The first-order valence-corrected chi connectivity index (χ1v) is 13.6. The molecule has 4 rings (SSSR count). The van der Waals surface area contributed by atoms with E-state index in [-0.39, 0.29) is 50.9 Å². The van der Waals surface area contributed by atoms with Gasteiger partial charge in [0.15, 0.2) is 0 Å². The average Bonchev–Trinajstić information content (AvgIpc) is 3.23. The molecule has 6 atom stereocenters. The van der Waals surface area contributed by atoms with E-state index in [1.165, 1.54) is 6.92 Å². The van der Waals surface area contributed by atoms with Gasteiger partial charge in [-0.1, -0.05) is 37.1 Å². The Morgan fingerprint density at radius 1 is 0.733 bits per heavy atom. The van der Waals surface area contributed by atoms with Crippen LogP contribution in [0.25, 0.3) is 0 Å². The number of rotatable bonds is 6. The topological polar surface area (TPSA) is 52.6 Å². The molecule has 0 aliphatic heterocycles. The molecule has 0 amide bonds. The van der Waals surface area contributed by atoms with E-state index in [2.05, 4.69) is 9.47 Å². The third kappa shape index (κ3) is 5.19. The maximum Gasteiger partial charge on any atom is 0.460 e. The number of carbonyl (C=O) groups is 2. The zero-order chi connectivity index (χ0) is 34.4. The van der Waals surface area contributed by atoms with Crippen molar-refractivity contribution in [3.63, 3.8) is 0 Å². The van der Waals surface area contributed by atoms with Gasteiger partial charge in [0.25, 0.3) is 0 Å². The van der Waals surface area contributed by atoms with Crippen LogP contribution < -0.4 is 0 Å². The fourth-order valence-corrected chi connectivity index (χ4v) is 7.22. The summed E-state index contributed by atoms with van der Waals surface area (Å²) in [6, 6.07) is 0. The van der Waals surface area contributed by atoms with Crippen LogP contribution in [0.5, 0.6) is 0 Å². The standard InChI is InChI=1S/C27H26F14O4/c1-20-9-7-13(44-18(42)22(28,29)24(32,33)26(36,37)38)11-12(20)3-4-14-15-5-6-17(21(15,2)10-8-16(14)20)45-19(43)23(30,31)25(34,35)27(39,40)41/h3,8,13-15,17H,4-7,9-11H2,1-2H3/t13-,14?,15?,17-,20-,21-/m0/s1. The number of hydrogen-bond acceptors (Lipinski definition) is 4. The van der Waals surface area contributed by atoms with E-state index >= 15 is 0 Å². The van der Waals surface area contributed by atoms with E-state index in [1.54, 1.807) is 19.1 Å². The number of allylic oxidation sites excluding steroid dienone is 3. The van der Waals surface area contributed by atoms with Crippen molar-refractivity contribution in [2.75, 3.05) is 0 Å². The second kappa shape index (κ2) is 10.5. The first-order chi connectivity index (χ1) is 20.2. The minimum atomic E-state index is -6.73. The van der Waals surface area contributed by atoms with Crippen LogP contribution in [0.2, 0.25) is 0 Å². The second-order valence-electron chi connectivity index (χ2n) is 12.4. The lowest BCUT2D eigenvalue weighted by Gasteiger charge is -2.53. The summed E-state index contributed by atoms with van der Waals surface area (Å²) in [5.41, 5.74) is -0.695. The summed E-state index contributed by atoms with van der Waals surface area (Å²) in [6.45, 7) is 3.25. The zero-order valence-corrected chi connectivity index (χ0v) is 23.3. The Bertz CT molecular complexity index is 1280. The van der Waals surface area contributed by atoms with E-state index in [4.69, 9.17) is 0 Å². The van der Waals surface area contributed by atoms with Crippen molar-refractivity contribution in [1.29, 1.82) is 0 Å². The summed E-state index contributed by atoms with van der Waals surface area (Å²) in [5, 5.41) is 0. The van der Waals surface area contributed by atoms with E-state index in [0.29, 0.717) is 5.57 Å². The molecule has 0 aromatic carbocycles. The van der Waals surface area contributed by atoms with Crippen molar-refractivity contribution in [1.82, 2.24) is 0 Å². The molecule has 2 unspecified atom stereocenters. The summed E-state index contributed by atoms with van der Waals surface area (Å²) in [4.78, 5) is 23.7. The molecule has 18 heteroatoms. The number of fused-ring (bicyclic) bond motifs is 5. The smallest absolute Gasteiger partial charge is 0.457 e. The second-order valence-corrected chi connectivity index (χ2v) is 12.4. The average molecular weight is 680 g/mol. The molecular formula is C27H26F14O4. The summed E-state index contributed by atoms with van der Waals surface area (Å²) in [6.07, 6.45) is -13.2. The zero-order valence-electron chi connectivity index (χ0n) is 23.3. The molecule has 256 valence electrons. The molecule has 2 fully saturated rings. The molecule has 2 saturated carbocycles. The molecule has 0 aromatic rings. The largest absolute Gasteiger partial charge is 0.460 e. The maximum absolute atomic E-state index is 14.0. The Kier molecular flexibility index (Phi) is 8.22. The van der Waals surface area contributed by atoms with Gasteiger partial charge < -0.3 is 9.47 Å². The Morgan fingerprint density at radius 2 is 1.24 bits per heavy atom. The molecule has 4 nitrogen and oxygen atoms in total. The predicted molar refractivity (Wildman–Crippen MR) is 123 cm³/mol. The Hall–Kier alpha value is -2.56. The van der Waals surface area contributed by atoms with Crippen molar-refractivity contribution < 1.29 is 80.5 Å². The normalized spacial score (nSPS) is 32.9. The lowest BCUT2D eigenvalue weighted by Crippen LogP contribution is -2.57. The molecule has 45 heavy (non-hydrogen) atoms. The lowest BCUT2D eigenvalue weighted by molar-refractivity contribution is -0.349. The Labute approximate surface area is 246 Å². The highest BCUT2D eigenvalue weighted by atomic mass is 19.4. The molecule has 0 spiro atoms. The quantitative estimate of drug-likeness (QED) is 0.161. The predicted octanol–water partition coefficient (Wildman–Crippen LogP) is 8.36. The van der Waals surface area contributed by atoms with Gasteiger partial charge >= 0.3 is 48.0 Å². The monoisotopic (exact) mass is 680 g/mol. The van der Waals surface area contributed by atoms with Crippen LogP contribution in [0.4, 0.5) is 61.5 Å². The SMILES string of the molecule is C[C@]12CC[C@H](OC(=O)C(F)(F)C(F)(F)C(F)(F)F)CC1=CCC1C2=CC[C@@]2(C)C1CC[C@@H]2OC(=O)C(F)(F)C(F)(F)C(F)(F)F. The maximum atomic E-state index is 14.0. The Balaban J connectivity index is 1.49. The fourth-order valence-electron chi connectivity index (χ4n) is 7.22. The number of ether oxygens (including phenoxy) is 2. The van der Waals surface area contributed by atoms with Crippen molar-refractivity contribution in [3.8, 4) is 0 Å². The van der Waals surface area contributed by atoms with Gasteiger partial charge in [0, 0.05) is 17.3 Å². The first kappa shape index (κ1) is 35.3. The molecule has 4 aliphatic carbocycles. The van der Waals surface area contributed by atoms with Gasteiger partial charge in [-0.3, -0.25) is 0 Å². The van der Waals surface area contributed by atoms with Gasteiger partial charge in [-0.25, -0.2) is 9.59 Å². The van der Waals surface area contributed by atoms with E-state index in [1.807, 2.05) is 0 Å². The van der Waals surface area contributed by atoms with Crippen molar-refractivity contribution >= 4 is 11.9 Å². The fraction of sp³-hybridized carbons (Fsp3) is 0.778. The van der Waals surface area contributed by atoms with Gasteiger partial charge in [-0.15, -0.1) is 0 Å². The van der Waals surface area contributed by atoms with Gasteiger partial charge in [-0.05, 0) is 50.4 Å². The third-order valence-electron chi connectivity index (χ3n) is 9.88. The van der Waals surface area contributed by atoms with Crippen molar-refractivity contribution in [2.24, 2.45) is 22.7 Å². The van der Waals surface area contributed by atoms with Gasteiger partial charge in [-0.2, -0.15) is 61.5 Å². The number of carbonyl (C=O) groups excluding carboxylic acids is 2. The van der Waals surface area contributed by atoms with Gasteiger partial charge in [0.05, 0.1) is 0 Å². The molecule has 0 N–H and O–H groups in total. The van der Waals surface area contributed by atoms with Crippen LogP contribution in [-0.2, 0) is 19.1 Å². The molecule has 4 aliphatic rings. The van der Waals surface area contributed by atoms with Gasteiger partial charge in [0.2, 0.25) is 0 Å². The number of hydrogen-bond donors (Lipinski definition) is 0. The molecule has 0 saturated heterocycles. The van der Waals surface area contributed by atoms with Gasteiger partial charge in [0.1, 0.15) is 12.2 Å². The summed E-state index contributed by atoms with van der Waals surface area (Å²) in [7, 11) is 0. The third-order valence-corrected chi connectivity index (χ3v) is 9.88. The molecule has 0 heterocycles. The lowest BCUT2D eigenvalue weighted by atomic mass is 9.52. The number of halogens is 14. The van der Waals surface area contributed by atoms with Crippen molar-refractivity contribution in [3.05, 3.63) is 23.3 Å². The van der Waals surface area contributed by atoms with Crippen molar-refractivity contribution in [2.45, 2.75) is 107 Å². The van der Waals surface area contributed by atoms with E-state index < -0.39 is 76.9 Å². The summed E-state index contributed by atoms with van der Waals surface area (Å²) in [5.74, 6) is -32.6. The van der Waals surface area contributed by atoms with Crippen LogP contribution in [0.3, 0.4) is 0 Å². The Morgan fingerprint density at radius 3 is 1.76 bits per heavy atom. The molecule has 0 bridgehead atoms. The van der Waals surface area contributed by atoms with Crippen LogP contribution >= 0.6 is 0 Å². The first-order valence-electron chi connectivity index (χ1n) is 13.6. The number of esters is 2. The number of alkyl halides is 14. The minimum absolute atomic E-state index is 0.0166. The van der Waals surface area contributed by atoms with Crippen LogP contribution in [0, 0.1) is 22.7 Å². The van der Waals surface area contributed by atoms with E-state index in [9.17, 15) is 71.1 Å². The van der Waals surface area contributed by atoms with E-state index in [0.717, 1.165) is 5.57 Å². The highest BCUT2D eigenvalue weighted by Gasteiger charge is 2.78. The summed E-state index contributed by atoms with van der Waals surface area (Å²) >= 11 is 0. The van der Waals surface area contributed by atoms with Crippen LogP contribution in [-0.4, -0.2) is 60.2 Å². The highest BCUT2D eigenvalue weighted by Crippen LogP contribution is 2.63. The molecular weight excluding hydrogens is 654 g/mol. The molecule has 0 radical (unpaired) electrons. The molecule has 0 aromatic heterocycles. The van der Waals surface area contributed by atoms with Crippen LogP contribution in [0.15, 0.2) is 23.3 Å². The highest BCUT2D eigenvalue weighted by molar-refractivity contribution is 5.80. The van der Waals surface area contributed by atoms with Crippen LogP contribution in [0.1, 0.15) is 58.8 Å². The minimum Gasteiger partial charge on any atom is -0.457 e.